The Morgan fingerprint density at radius 2 is 1.48 bits per heavy atom. The first-order chi connectivity index (χ1) is 23.7. The summed E-state index contributed by atoms with van der Waals surface area (Å²) in [7, 11) is 0. The maximum Gasteiger partial charge on any atom is 0.136 e. The number of ether oxygens (including phenoxy) is 1. The molecule has 10 rings (SSSR count). The predicted octanol–water partition coefficient (Wildman–Crippen LogP) is 12.7. The van der Waals surface area contributed by atoms with Crippen molar-refractivity contribution in [3.8, 4) is 5.75 Å². The van der Waals surface area contributed by atoms with Gasteiger partial charge in [0.05, 0.1) is 0 Å². The third-order valence-corrected chi connectivity index (χ3v) is 10.4. The highest BCUT2D eigenvalue weighted by Gasteiger charge is 2.34. The number of rotatable bonds is 3. The van der Waals surface area contributed by atoms with E-state index in [0.717, 1.165) is 40.9 Å². The minimum Gasteiger partial charge on any atom is -0.461 e. The Kier molecular flexibility index (Phi) is 6.01. The van der Waals surface area contributed by atoms with Crippen LogP contribution < -0.4 is 4.74 Å². The van der Waals surface area contributed by atoms with Crippen LogP contribution in [-0.2, 0) is 0 Å². The van der Waals surface area contributed by atoms with Crippen LogP contribution in [0.3, 0.4) is 0 Å². The largest absolute Gasteiger partial charge is 0.461 e. The molecule has 6 aromatic carbocycles. The molecule has 3 aliphatic rings. The smallest absolute Gasteiger partial charge is 0.136 e. The topological polar surface area (TPSA) is 22.4 Å². The first-order valence-electron chi connectivity index (χ1n) is 16.8. The molecule has 0 saturated carbocycles. The van der Waals surface area contributed by atoms with Gasteiger partial charge in [0.25, 0.3) is 0 Å². The Hall–Kier alpha value is -5.86. The van der Waals surface area contributed by atoms with Crippen molar-refractivity contribution >= 4 is 65.4 Å². The van der Waals surface area contributed by atoms with Crippen molar-refractivity contribution in [2.75, 3.05) is 0 Å². The number of hydrogen-bond acceptors (Lipinski definition) is 2. The van der Waals surface area contributed by atoms with E-state index in [1.54, 1.807) is 0 Å². The maximum absolute atomic E-state index is 6.56. The van der Waals surface area contributed by atoms with Crippen LogP contribution in [0.4, 0.5) is 0 Å². The zero-order valence-corrected chi connectivity index (χ0v) is 26.7. The second-order valence-electron chi connectivity index (χ2n) is 13.2. The molecule has 0 fully saturated rings. The first-order valence-corrected chi connectivity index (χ1v) is 16.8. The molecule has 7 aromatic rings. The lowest BCUT2D eigenvalue weighted by atomic mass is 9.80. The van der Waals surface area contributed by atoms with Gasteiger partial charge >= 0.3 is 0 Å². The van der Waals surface area contributed by atoms with Gasteiger partial charge in [-0.1, -0.05) is 115 Å². The van der Waals surface area contributed by atoms with Gasteiger partial charge in [-0.2, -0.15) is 0 Å². The molecular weight excluding hydrogens is 585 g/mol. The van der Waals surface area contributed by atoms with E-state index >= 15 is 0 Å². The third-order valence-electron chi connectivity index (χ3n) is 10.4. The van der Waals surface area contributed by atoms with Gasteiger partial charge in [0.15, 0.2) is 0 Å². The SMILES string of the molecule is C/C(=C\C=C1\C=CC=CC1)c1c2ccccc2c(C2=CC=C3Oc4cc5ccc6oc7ccccc7c6c5cc4C3C2)c2ccccc12. The summed E-state index contributed by atoms with van der Waals surface area (Å²) in [5, 5.41) is 9.88. The fourth-order valence-electron chi connectivity index (χ4n) is 8.19. The molecule has 0 bridgehead atoms. The van der Waals surface area contributed by atoms with Gasteiger partial charge in [0.1, 0.15) is 22.7 Å². The van der Waals surface area contributed by atoms with E-state index in [1.807, 2.05) is 6.07 Å². The van der Waals surface area contributed by atoms with Crippen LogP contribution in [-0.4, -0.2) is 0 Å². The molecule has 48 heavy (non-hydrogen) atoms. The highest BCUT2D eigenvalue weighted by molar-refractivity contribution is 6.19. The van der Waals surface area contributed by atoms with Crippen LogP contribution in [0.2, 0.25) is 0 Å². The second kappa shape index (κ2) is 10.6. The Morgan fingerprint density at radius 3 is 2.25 bits per heavy atom. The van der Waals surface area contributed by atoms with E-state index in [9.17, 15) is 0 Å². The summed E-state index contributed by atoms with van der Waals surface area (Å²) >= 11 is 0. The number of benzene rings is 6. The van der Waals surface area contributed by atoms with Crippen LogP contribution in [0.15, 0.2) is 161 Å². The highest BCUT2D eigenvalue weighted by Crippen LogP contribution is 2.52. The summed E-state index contributed by atoms with van der Waals surface area (Å²) in [4.78, 5) is 0. The van der Waals surface area contributed by atoms with Crippen LogP contribution in [0.1, 0.15) is 42.4 Å². The van der Waals surface area contributed by atoms with E-state index in [4.69, 9.17) is 9.15 Å². The molecule has 1 unspecified atom stereocenters. The van der Waals surface area contributed by atoms with Gasteiger partial charge in [0.2, 0.25) is 0 Å². The van der Waals surface area contributed by atoms with Gasteiger partial charge < -0.3 is 9.15 Å². The van der Waals surface area contributed by atoms with E-state index in [2.05, 4.69) is 147 Å². The summed E-state index contributed by atoms with van der Waals surface area (Å²) in [5.74, 6) is 2.14. The fourth-order valence-corrected chi connectivity index (χ4v) is 8.19. The zero-order chi connectivity index (χ0) is 31.8. The number of fused-ring (bicyclic) bond motifs is 10. The minimum atomic E-state index is 0.154. The van der Waals surface area contributed by atoms with Gasteiger partial charge in [0, 0.05) is 22.3 Å². The number of furan rings is 1. The lowest BCUT2D eigenvalue weighted by molar-refractivity contribution is 0.427. The van der Waals surface area contributed by atoms with Crippen molar-refractivity contribution in [1.29, 1.82) is 0 Å². The van der Waals surface area contributed by atoms with Crippen molar-refractivity contribution in [2.45, 2.75) is 25.7 Å². The van der Waals surface area contributed by atoms with Crippen molar-refractivity contribution in [3.05, 3.63) is 174 Å². The summed E-state index contributed by atoms with van der Waals surface area (Å²) in [6, 6.07) is 35.0. The average Bonchev–Trinajstić information content (AvgIpc) is 3.70. The Bertz CT molecular complexity index is 2650. The molecule has 2 nitrogen and oxygen atoms in total. The fraction of sp³-hybridized carbons (Fsp3) is 0.0870. The van der Waals surface area contributed by atoms with E-state index in [1.165, 1.54) is 71.1 Å². The van der Waals surface area contributed by atoms with Gasteiger partial charge in [-0.05, 0) is 110 Å². The zero-order valence-electron chi connectivity index (χ0n) is 26.7. The lowest BCUT2D eigenvalue weighted by Crippen LogP contribution is -2.05. The van der Waals surface area contributed by atoms with Gasteiger partial charge in [-0.15, -0.1) is 0 Å². The van der Waals surface area contributed by atoms with Crippen LogP contribution in [0.5, 0.6) is 5.75 Å². The molecule has 2 heterocycles. The van der Waals surface area contributed by atoms with Crippen molar-refractivity contribution in [1.82, 2.24) is 0 Å². The summed E-state index contributed by atoms with van der Waals surface area (Å²) in [5.41, 5.74) is 9.67. The Morgan fingerprint density at radius 1 is 0.729 bits per heavy atom. The summed E-state index contributed by atoms with van der Waals surface area (Å²) in [6.07, 6.45) is 19.6. The quantitative estimate of drug-likeness (QED) is 0.184. The molecule has 0 spiro atoms. The highest BCUT2D eigenvalue weighted by atomic mass is 16.5. The normalized spacial score (nSPS) is 18.1. The summed E-state index contributed by atoms with van der Waals surface area (Å²) in [6.45, 7) is 2.25. The summed E-state index contributed by atoms with van der Waals surface area (Å²) < 4.78 is 12.8. The third kappa shape index (κ3) is 4.12. The van der Waals surface area contributed by atoms with Crippen LogP contribution >= 0.6 is 0 Å². The monoisotopic (exact) mass is 616 g/mol. The Balaban J connectivity index is 1.12. The lowest BCUT2D eigenvalue weighted by Gasteiger charge is -2.23. The molecule has 0 N–H and O–H groups in total. The van der Waals surface area contributed by atoms with E-state index in [0.29, 0.717) is 0 Å². The maximum atomic E-state index is 6.56. The molecular formula is C46H32O2. The van der Waals surface area contributed by atoms with E-state index in [-0.39, 0.29) is 5.92 Å². The molecule has 0 saturated heterocycles. The molecule has 228 valence electrons. The number of hydrogen-bond donors (Lipinski definition) is 0. The van der Waals surface area contributed by atoms with Crippen molar-refractivity contribution in [2.24, 2.45) is 0 Å². The molecule has 2 heteroatoms. The predicted molar refractivity (Wildman–Crippen MR) is 201 cm³/mol. The Labute approximate surface area is 278 Å². The molecule has 1 aromatic heterocycles. The number of allylic oxidation sites excluding steroid dienone is 12. The van der Waals surface area contributed by atoms with Crippen molar-refractivity contribution < 1.29 is 9.15 Å². The first kappa shape index (κ1) is 27.3. The minimum absolute atomic E-state index is 0.154. The van der Waals surface area contributed by atoms with Crippen molar-refractivity contribution in [3.63, 3.8) is 0 Å². The van der Waals surface area contributed by atoms with Crippen LogP contribution in [0, 0.1) is 0 Å². The molecule has 1 aliphatic heterocycles. The van der Waals surface area contributed by atoms with Gasteiger partial charge in [-0.3, -0.25) is 0 Å². The molecule has 0 amide bonds. The standard InChI is InChI=1S/C46H32O2/c1-28(19-20-29-11-3-2-4-12-29)44-32-13-5-7-15-34(32)45(35-16-8-6-14-33(35)44)31-22-23-41-38(25-31)39-27-37-30(26-43(39)48-41)21-24-42-46(37)36-17-9-10-18-40(36)47-42/h2-11,13-24,26-27,38H,12,25H2,1H3/b28-19+,29-20-. The second-order valence-corrected chi connectivity index (χ2v) is 13.2. The molecule has 2 aliphatic carbocycles. The molecule has 1 atom stereocenters. The number of para-hydroxylation sites is 1. The average molecular weight is 617 g/mol. The van der Waals surface area contributed by atoms with Gasteiger partial charge in [-0.25, -0.2) is 0 Å². The van der Waals surface area contributed by atoms with E-state index < -0.39 is 0 Å². The van der Waals surface area contributed by atoms with Crippen LogP contribution in [0.25, 0.3) is 65.4 Å². The molecule has 0 radical (unpaired) electrons.